The molecule has 0 atom stereocenters. The molecule has 0 bridgehead atoms. The second-order valence-electron chi connectivity index (χ2n) is 5.13. The highest BCUT2D eigenvalue weighted by Crippen LogP contribution is 2.33. The number of nitrogens with one attached hydrogen (secondary N) is 2. The molecule has 0 amide bonds. The summed E-state index contributed by atoms with van der Waals surface area (Å²) in [5, 5.41) is 20.7. The molecule has 0 unspecified atom stereocenters. The number of nitrogens with zero attached hydrogens (tertiary/aromatic N) is 4. The lowest BCUT2D eigenvalue weighted by Gasteiger charge is -2.13. The first-order valence-corrected chi connectivity index (χ1v) is 7.46. The van der Waals surface area contributed by atoms with Gasteiger partial charge in [0.2, 0.25) is 5.82 Å². The van der Waals surface area contributed by atoms with Gasteiger partial charge in [0.15, 0.2) is 0 Å². The maximum Gasteiger partial charge on any atom is 0.419 e. The van der Waals surface area contributed by atoms with Crippen molar-refractivity contribution in [3.05, 3.63) is 39.7 Å². The Morgan fingerprint density at radius 3 is 2.60 bits per heavy atom. The van der Waals surface area contributed by atoms with Crippen molar-refractivity contribution in [1.29, 1.82) is 0 Å². The first-order chi connectivity index (χ1) is 11.8. The SMILES string of the molecule is CCc1nn(C)c(NCCNc2ncccc2C(F)(F)F)c1[N+](=O)[O-]. The lowest BCUT2D eigenvalue weighted by molar-refractivity contribution is -0.384. The minimum Gasteiger partial charge on any atom is -0.368 e. The molecule has 0 spiro atoms. The predicted octanol–water partition coefficient (Wildman–Crippen LogP) is 2.83. The quantitative estimate of drug-likeness (QED) is 0.449. The molecular weight excluding hydrogens is 341 g/mol. The Labute approximate surface area is 141 Å². The number of hydrogen-bond donors (Lipinski definition) is 2. The third kappa shape index (κ3) is 4.17. The van der Waals surface area contributed by atoms with Crippen LogP contribution in [0, 0.1) is 10.1 Å². The van der Waals surface area contributed by atoms with E-state index in [9.17, 15) is 23.3 Å². The molecule has 0 saturated heterocycles. The second-order valence-corrected chi connectivity index (χ2v) is 5.13. The molecule has 0 saturated carbocycles. The number of hydrogen-bond acceptors (Lipinski definition) is 6. The number of alkyl halides is 3. The molecule has 0 aliphatic carbocycles. The Bertz CT molecular complexity index is 760. The van der Waals surface area contributed by atoms with Crippen molar-refractivity contribution in [2.45, 2.75) is 19.5 Å². The van der Waals surface area contributed by atoms with Crippen molar-refractivity contribution >= 4 is 17.3 Å². The third-order valence-corrected chi connectivity index (χ3v) is 3.43. The number of aromatic nitrogens is 3. The maximum atomic E-state index is 12.9. The number of halogens is 3. The molecule has 2 N–H and O–H groups in total. The van der Waals surface area contributed by atoms with Gasteiger partial charge in [-0.05, 0) is 18.6 Å². The Morgan fingerprint density at radius 1 is 1.32 bits per heavy atom. The Morgan fingerprint density at radius 2 is 2.00 bits per heavy atom. The fourth-order valence-corrected chi connectivity index (χ4v) is 2.33. The number of anilines is 2. The van der Waals surface area contributed by atoms with E-state index in [1.807, 2.05) is 0 Å². The van der Waals surface area contributed by atoms with Crippen molar-refractivity contribution in [3.63, 3.8) is 0 Å². The molecule has 0 aliphatic rings. The van der Waals surface area contributed by atoms with Gasteiger partial charge in [0.1, 0.15) is 11.5 Å². The highest BCUT2D eigenvalue weighted by Gasteiger charge is 2.34. The number of nitro groups is 1. The van der Waals surface area contributed by atoms with Crippen molar-refractivity contribution in [1.82, 2.24) is 14.8 Å². The first kappa shape index (κ1) is 18.5. The standard InChI is InChI=1S/C14H17F3N6O2/c1-3-10-11(23(24)25)13(22(2)21-10)20-8-7-19-12-9(14(15,16)17)5-4-6-18-12/h4-6,20H,3,7-8H2,1-2H3,(H,18,19). The zero-order valence-electron chi connectivity index (χ0n) is 13.6. The smallest absolute Gasteiger partial charge is 0.368 e. The van der Waals surface area contributed by atoms with Gasteiger partial charge in [-0.3, -0.25) is 10.1 Å². The van der Waals surface area contributed by atoms with E-state index in [2.05, 4.69) is 20.7 Å². The molecular formula is C14H17F3N6O2. The molecule has 0 fully saturated rings. The van der Waals surface area contributed by atoms with Crippen LogP contribution in [0.5, 0.6) is 0 Å². The van der Waals surface area contributed by atoms with Gasteiger partial charge in [0, 0.05) is 26.3 Å². The molecule has 11 heteroatoms. The molecule has 0 radical (unpaired) electrons. The minimum atomic E-state index is -4.51. The van der Waals surface area contributed by atoms with E-state index >= 15 is 0 Å². The average Bonchev–Trinajstić information content (AvgIpc) is 2.87. The topological polar surface area (TPSA) is 97.9 Å². The van der Waals surface area contributed by atoms with E-state index in [-0.39, 0.29) is 30.4 Å². The zero-order chi connectivity index (χ0) is 18.6. The van der Waals surface area contributed by atoms with Crippen LogP contribution in [0.15, 0.2) is 18.3 Å². The normalized spacial score (nSPS) is 11.4. The summed E-state index contributed by atoms with van der Waals surface area (Å²) in [6.45, 7) is 1.99. The summed E-state index contributed by atoms with van der Waals surface area (Å²) in [6, 6.07) is 2.14. The van der Waals surface area contributed by atoms with Crippen molar-refractivity contribution < 1.29 is 18.1 Å². The van der Waals surface area contributed by atoms with Gasteiger partial charge in [0.25, 0.3) is 0 Å². The molecule has 2 aromatic heterocycles. The molecule has 0 aliphatic heterocycles. The molecule has 25 heavy (non-hydrogen) atoms. The van der Waals surface area contributed by atoms with Gasteiger partial charge in [-0.2, -0.15) is 18.3 Å². The highest BCUT2D eigenvalue weighted by atomic mass is 19.4. The van der Waals surface area contributed by atoms with E-state index < -0.39 is 16.7 Å². The van der Waals surface area contributed by atoms with Crippen LogP contribution < -0.4 is 10.6 Å². The summed E-state index contributed by atoms with van der Waals surface area (Å²) < 4.78 is 40.0. The Hall–Kier alpha value is -2.85. The van der Waals surface area contributed by atoms with Crippen molar-refractivity contribution in [2.24, 2.45) is 7.05 Å². The fourth-order valence-electron chi connectivity index (χ4n) is 2.33. The molecule has 2 aromatic rings. The van der Waals surface area contributed by atoms with Gasteiger partial charge in [-0.1, -0.05) is 6.92 Å². The van der Waals surface area contributed by atoms with Crippen LogP contribution in [0.3, 0.4) is 0 Å². The van der Waals surface area contributed by atoms with Crippen molar-refractivity contribution in [3.8, 4) is 0 Å². The first-order valence-electron chi connectivity index (χ1n) is 7.46. The summed E-state index contributed by atoms with van der Waals surface area (Å²) in [7, 11) is 1.56. The lowest BCUT2D eigenvalue weighted by atomic mass is 10.2. The van der Waals surface area contributed by atoms with Gasteiger partial charge < -0.3 is 10.6 Å². The van der Waals surface area contributed by atoms with E-state index in [0.717, 1.165) is 6.07 Å². The number of rotatable bonds is 7. The lowest BCUT2D eigenvalue weighted by Crippen LogP contribution is -2.19. The second kappa shape index (κ2) is 7.36. The largest absolute Gasteiger partial charge is 0.419 e. The van der Waals surface area contributed by atoms with E-state index in [4.69, 9.17) is 0 Å². The zero-order valence-corrected chi connectivity index (χ0v) is 13.6. The third-order valence-electron chi connectivity index (χ3n) is 3.43. The maximum absolute atomic E-state index is 12.9. The van der Waals surface area contributed by atoms with Gasteiger partial charge in [0.05, 0.1) is 10.5 Å². The monoisotopic (exact) mass is 358 g/mol. The van der Waals surface area contributed by atoms with Gasteiger partial charge in [-0.15, -0.1) is 0 Å². The van der Waals surface area contributed by atoms with E-state index in [1.54, 1.807) is 14.0 Å². The molecule has 8 nitrogen and oxygen atoms in total. The van der Waals surface area contributed by atoms with E-state index in [0.29, 0.717) is 12.1 Å². The average molecular weight is 358 g/mol. The fraction of sp³-hybridized carbons (Fsp3) is 0.429. The highest BCUT2D eigenvalue weighted by molar-refractivity contribution is 5.60. The molecule has 2 rings (SSSR count). The van der Waals surface area contributed by atoms with Crippen LogP contribution in [0.1, 0.15) is 18.2 Å². The summed E-state index contributed by atoms with van der Waals surface area (Å²) >= 11 is 0. The van der Waals surface area contributed by atoms with Gasteiger partial charge in [-0.25, -0.2) is 9.67 Å². The van der Waals surface area contributed by atoms with Crippen LogP contribution >= 0.6 is 0 Å². The Balaban J connectivity index is 2.04. The summed E-state index contributed by atoms with van der Waals surface area (Å²) in [5.41, 5.74) is -0.652. The molecule has 136 valence electrons. The number of pyridine rings is 1. The van der Waals surface area contributed by atoms with Gasteiger partial charge >= 0.3 is 11.9 Å². The van der Waals surface area contributed by atoms with Crippen LogP contribution in [0.4, 0.5) is 30.5 Å². The summed E-state index contributed by atoms with van der Waals surface area (Å²) in [4.78, 5) is 14.3. The van der Waals surface area contributed by atoms with Crippen molar-refractivity contribution in [2.75, 3.05) is 23.7 Å². The summed E-state index contributed by atoms with van der Waals surface area (Å²) in [6.07, 6.45) is -2.86. The van der Waals surface area contributed by atoms with E-state index in [1.165, 1.54) is 16.9 Å². The predicted molar refractivity (Wildman–Crippen MR) is 85.5 cm³/mol. The molecule has 0 aromatic carbocycles. The Kier molecular flexibility index (Phi) is 5.45. The van der Waals surface area contributed by atoms with Crippen LogP contribution in [0.25, 0.3) is 0 Å². The van der Waals surface area contributed by atoms with Crippen LogP contribution in [0.2, 0.25) is 0 Å². The van der Waals surface area contributed by atoms with Crippen LogP contribution in [-0.2, 0) is 19.6 Å². The molecule has 2 heterocycles. The minimum absolute atomic E-state index is 0.0872. The summed E-state index contributed by atoms with van der Waals surface area (Å²) in [5.74, 6) is -0.0775. The van der Waals surface area contributed by atoms with Crippen LogP contribution in [-0.4, -0.2) is 32.8 Å². The number of aryl methyl sites for hydroxylation is 2.